The molecule has 0 spiro atoms. The lowest BCUT2D eigenvalue weighted by Gasteiger charge is -2.17. The molecule has 0 amide bonds. The number of aromatic amines is 1. The van der Waals surface area contributed by atoms with Crippen molar-refractivity contribution in [2.75, 3.05) is 14.2 Å². The molecule has 168 valence electrons. The third kappa shape index (κ3) is 4.85. The quantitative estimate of drug-likeness (QED) is 0.378. The summed E-state index contributed by atoms with van der Waals surface area (Å²) in [6.45, 7) is 4.53. The molecule has 3 aromatic carbocycles. The van der Waals surface area contributed by atoms with Crippen LogP contribution in [-0.2, 0) is 13.2 Å². The van der Waals surface area contributed by atoms with E-state index in [0.29, 0.717) is 41.2 Å². The topological polar surface area (TPSA) is 69.8 Å². The molecule has 6 nitrogen and oxygen atoms in total. The van der Waals surface area contributed by atoms with E-state index < -0.39 is 0 Å². The number of benzene rings is 3. The van der Waals surface area contributed by atoms with Crippen LogP contribution < -0.4 is 24.4 Å². The molecule has 0 radical (unpaired) electrons. The Labute approximate surface area is 192 Å². The molecule has 0 aliphatic heterocycles. The maximum absolute atomic E-state index is 12.6. The first-order valence-electron chi connectivity index (χ1n) is 10.4. The van der Waals surface area contributed by atoms with Gasteiger partial charge in [0, 0.05) is 23.9 Å². The summed E-state index contributed by atoms with van der Waals surface area (Å²) >= 11 is 0. The third-order valence-electron chi connectivity index (χ3n) is 5.30. The second-order valence-electron chi connectivity index (χ2n) is 7.36. The molecular formula is C27H25NO5. The minimum Gasteiger partial charge on any atom is -0.497 e. The predicted octanol–water partition coefficient (Wildman–Crippen LogP) is 5.35. The first-order valence-corrected chi connectivity index (χ1v) is 10.4. The van der Waals surface area contributed by atoms with E-state index in [0.717, 1.165) is 22.6 Å². The summed E-state index contributed by atoms with van der Waals surface area (Å²) in [7, 11) is 3.26. The summed E-state index contributed by atoms with van der Waals surface area (Å²) in [6, 6.07) is 18.5. The van der Waals surface area contributed by atoms with Gasteiger partial charge in [0.1, 0.15) is 24.7 Å². The van der Waals surface area contributed by atoms with E-state index in [2.05, 4.69) is 11.6 Å². The number of H-pyrrole nitrogens is 1. The van der Waals surface area contributed by atoms with Gasteiger partial charge in [-0.2, -0.15) is 0 Å². The SMILES string of the molecule is C=Cc1c(OCc2ccc(OC)cc2)c(OCc2ccc(OC)cc2)cc2[nH]ccc(=O)c12. The summed E-state index contributed by atoms with van der Waals surface area (Å²) in [5.41, 5.74) is 3.05. The molecule has 6 heteroatoms. The minimum absolute atomic E-state index is 0.116. The first kappa shape index (κ1) is 22.0. The number of aromatic nitrogens is 1. The minimum atomic E-state index is -0.116. The van der Waals surface area contributed by atoms with E-state index in [-0.39, 0.29) is 5.43 Å². The highest BCUT2D eigenvalue weighted by Crippen LogP contribution is 2.38. The highest BCUT2D eigenvalue weighted by Gasteiger charge is 2.17. The number of nitrogens with one attached hydrogen (secondary N) is 1. The van der Waals surface area contributed by atoms with E-state index in [4.69, 9.17) is 18.9 Å². The Balaban J connectivity index is 1.69. The fourth-order valence-corrected chi connectivity index (χ4v) is 3.54. The molecule has 0 bridgehead atoms. The summed E-state index contributed by atoms with van der Waals surface area (Å²) in [5, 5.41) is 0.508. The van der Waals surface area contributed by atoms with E-state index in [1.807, 2.05) is 48.5 Å². The fourth-order valence-electron chi connectivity index (χ4n) is 3.54. The smallest absolute Gasteiger partial charge is 0.190 e. The molecule has 33 heavy (non-hydrogen) atoms. The van der Waals surface area contributed by atoms with Crippen molar-refractivity contribution in [1.29, 1.82) is 0 Å². The van der Waals surface area contributed by atoms with Crippen LogP contribution in [0.5, 0.6) is 23.0 Å². The molecule has 0 aliphatic carbocycles. The Morgan fingerprint density at radius 3 is 1.97 bits per heavy atom. The Hall–Kier alpha value is -4.19. The number of methoxy groups -OCH3 is 2. The van der Waals surface area contributed by atoms with Crippen molar-refractivity contribution in [2.45, 2.75) is 13.2 Å². The molecule has 0 saturated carbocycles. The summed E-state index contributed by atoms with van der Waals surface area (Å²) in [6.07, 6.45) is 3.24. The average molecular weight is 443 g/mol. The van der Waals surface area contributed by atoms with Crippen LogP contribution in [0.15, 0.2) is 78.2 Å². The van der Waals surface area contributed by atoms with Crippen LogP contribution in [-0.4, -0.2) is 19.2 Å². The van der Waals surface area contributed by atoms with Crippen molar-refractivity contribution in [1.82, 2.24) is 4.98 Å². The zero-order valence-corrected chi connectivity index (χ0v) is 18.6. The van der Waals surface area contributed by atoms with Crippen molar-refractivity contribution in [3.63, 3.8) is 0 Å². The number of hydrogen-bond donors (Lipinski definition) is 1. The summed E-state index contributed by atoms with van der Waals surface area (Å²) < 4.78 is 22.8. The van der Waals surface area contributed by atoms with E-state index >= 15 is 0 Å². The highest BCUT2D eigenvalue weighted by molar-refractivity contribution is 5.92. The van der Waals surface area contributed by atoms with Crippen molar-refractivity contribution < 1.29 is 18.9 Å². The number of hydrogen-bond acceptors (Lipinski definition) is 5. The van der Waals surface area contributed by atoms with Crippen molar-refractivity contribution >= 4 is 17.0 Å². The predicted molar refractivity (Wildman–Crippen MR) is 129 cm³/mol. The van der Waals surface area contributed by atoms with Crippen LogP contribution >= 0.6 is 0 Å². The van der Waals surface area contributed by atoms with Gasteiger partial charge in [-0.15, -0.1) is 0 Å². The molecule has 1 N–H and O–H groups in total. The van der Waals surface area contributed by atoms with Crippen molar-refractivity contribution in [3.05, 3.63) is 100 Å². The van der Waals surface area contributed by atoms with Crippen LogP contribution in [0.1, 0.15) is 16.7 Å². The summed E-state index contributed by atoms with van der Waals surface area (Å²) in [5.74, 6) is 2.54. The van der Waals surface area contributed by atoms with Crippen LogP contribution in [0.2, 0.25) is 0 Å². The van der Waals surface area contributed by atoms with Crippen LogP contribution in [0.3, 0.4) is 0 Å². The molecule has 4 aromatic rings. The second-order valence-corrected chi connectivity index (χ2v) is 7.36. The Bertz CT molecular complexity index is 1310. The number of pyridine rings is 1. The third-order valence-corrected chi connectivity index (χ3v) is 5.30. The Morgan fingerprint density at radius 2 is 1.42 bits per heavy atom. The average Bonchev–Trinajstić information content (AvgIpc) is 2.86. The molecule has 0 unspecified atom stereocenters. The number of fused-ring (bicyclic) bond motifs is 1. The van der Waals surface area contributed by atoms with Crippen LogP contribution in [0.25, 0.3) is 17.0 Å². The van der Waals surface area contributed by atoms with Crippen molar-refractivity contribution in [3.8, 4) is 23.0 Å². The number of ether oxygens (including phenoxy) is 4. The maximum atomic E-state index is 12.6. The van der Waals surface area contributed by atoms with Gasteiger partial charge in [-0.05, 0) is 35.4 Å². The standard InChI is InChI=1S/C27H25NO5/c1-4-22-26-23(28-14-13-24(26)29)15-25(32-16-18-5-9-20(30-2)10-6-18)27(22)33-17-19-7-11-21(31-3)12-8-19/h4-15H,1,16-17H2,2-3H3,(H,28,29). The molecule has 1 heterocycles. The van der Waals surface area contributed by atoms with Gasteiger partial charge in [0.25, 0.3) is 0 Å². The highest BCUT2D eigenvalue weighted by atomic mass is 16.5. The first-order chi connectivity index (χ1) is 16.1. The van der Waals surface area contributed by atoms with Gasteiger partial charge in [-0.1, -0.05) is 36.9 Å². The second kappa shape index (κ2) is 9.96. The van der Waals surface area contributed by atoms with E-state index in [9.17, 15) is 4.79 Å². The zero-order chi connectivity index (χ0) is 23.2. The van der Waals surface area contributed by atoms with Gasteiger partial charge >= 0.3 is 0 Å². The molecular weight excluding hydrogens is 418 g/mol. The van der Waals surface area contributed by atoms with Gasteiger partial charge in [0.2, 0.25) is 0 Å². The van der Waals surface area contributed by atoms with Crippen molar-refractivity contribution in [2.24, 2.45) is 0 Å². The number of rotatable bonds is 9. The van der Waals surface area contributed by atoms with Gasteiger partial charge < -0.3 is 23.9 Å². The molecule has 4 rings (SSSR count). The lowest BCUT2D eigenvalue weighted by Crippen LogP contribution is -2.07. The zero-order valence-electron chi connectivity index (χ0n) is 18.6. The monoisotopic (exact) mass is 443 g/mol. The lowest BCUT2D eigenvalue weighted by atomic mass is 10.1. The molecule has 0 fully saturated rings. The Kier molecular flexibility index (Phi) is 6.64. The maximum Gasteiger partial charge on any atom is 0.190 e. The van der Waals surface area contributed by atoms with E-state index in [1.54, 1.807) is 32.6 Å². The van der Waals surface area contributed by atoms with Crippen LogP contribution in [0, 0.1) is 0 Å². The normalized spacial score (nSPS) is 10.6. The van der Waals surface area contributed by atoms with Gasteiger partial charge in [0.05, 0.1) is 25.1 Å². The van der Waals surface area contributed by atoms with Crippen LogP contribution in [0.4, 0.5) is 0 Å². The molecule has 0 saturated heterocycles. The van der Waals surface area contributed by atoms with Gasteiger partial charge in [0.15, 0.2) is 16.9 Å². The van der Waals surface area contributed by atoms with Gasteiger partial charge in [-0.3, -0.25) is 4.79 Å². The van der Waals surface area contributed by atoms with Gasteiger partial charge in [-0.25, -0.2) is 0 Å². The molecule has 0 aliphatic rings. The summed E-state index contributed by atoms with van der Waals surface area (Å²) in [4.78, 5) is 15.7. The fraction of sp³-hybridized carbons (Fsp3) is 0.148. The van der Waals surface area contributed by atoms with E-state index in [1.165, 1.54) is 6.07 Å². The lowest BCUT2D eigenvalue weighted by molar-refractivity contribution is 0.256. The Morgan fingerprint density at radius 1 is 0.848 bits per heavy atom. The molecule has 1 aromatic heterocycles. The molecule has 0 atom stereocenters. The largest absolute Gasteiger partial charge is 0.497 e.